The molecule has 0 saturated heterocycles. The Morgan fingerprint density at radius 1 is 1.19 bits per heavy atom. The summed E-state index contributed by atoms with van der Waals surface area (Å²) in [6.07, 6.45) is 4.94. The molecule has 0 radical (unpaired) electrons. The Morgan fingerprint density at radius 2 is 1.96 bits per heavy atom. The number of sulfonamides is 1. The lowest BCUT2D eigenvalue weighted by Gasteiger charge is -2.23. The molecule has 0 atom stereocenters. The second kappa shape index (κ2) is 6.70. The SMILES string of the molecule is CCc1nc(S(=O)(=O)N2CCN(C)Cc3ccccc32)cn1CC1CC1. The molecule has 140 valence electrons. The van der Waals surface area contributed by atoms with Crippen LogP contribution in [0, 0.1) is 5.92 Å². The number of hydrogen-bond acceptors (Lipinski definition) is 4. The first-order valence-corrected chi connectivity index (χ1v) is 10.8. The predicted molar refractivity (Wildman–Crippen MR) is 102 cm³/mol. The molecule has 4 rings (SSSR count). The lowest BCUT2D eigenvalue weighted by molar-refractivity contribution is 0.344. The molecule has 6 nitrogen and oxygen atoms in total. The molecule has 26 heavy (non-hydrogen) atoms. The topological polar surface area (TPSA) is 58.4 Å². The van der Waals surface area contributed by atoms with E-state index in [0.717, 1.165) is 36.6 Å². The van der Waals surface area contributed by atoms with Gasteiger partial charge in [0, 0.05) is 38.8 Å². The Labute approximate surface area is 155 Å². The van der Waals surface area contributed by atoms with Crippen LogP contribution in [-0.2, 0) is 29.5 Å². The van der Waals surface area contributed by atoms with E-state index in [-0.39, 0.29) is 5.03 Å². The molecule has 1 aromatic heterocycles. The molecule has 1 aromatic carbocycles. The van der Waals surface area contributed by atoms with Crippen LogP contribution < -0.4 is 4.31 Å². The number of benzene rings is 1. The third-order valence-corrected chi connectivity index (χ3v) is 6.93. The van der Waals surface area contributed by atoms with E-state index in [1.807, 2.05) is 42.8 Å². The molecule has 2 heterocycles. The Morgan fingerprint density at radius 3 is 2.69 bits per heavy atom. The highest BCUT2D eigenvalue weighted by atomic mass is 32.2. The second-order valence-corrected chi connectivity index (χ2v) is 9.20. The van der Waals surface area contributed by atoms with Crippen molar-refractivity contribution in [2.24, 2.45) is 5.92 Å². The van der Waals surface area contributed by atoms with Crippen molar-refractivity contribution >= 4 is 15.7 Å². The molecular formula is C19H26N4O2S. The molecule has 0 bridgehead atoms. The number of fused-ring (bicyclic) bond motifs is 1. The predicted octanol–water partition coefficient (Wildman–Crippen LogP) is 2.50. The zero-order valence-corrected chi connectivity index (χ0v) is 16.2. The average molecular weight is 375 g/mol. The van der Waals surface area contributed by atoms with Gasteiger partial charge in [0.1, 0.15) is 5.82 Å². The summed E-state index contributed by atoms with van der Waals surface area (Å²) in [5, 5.41) is 0.175. The summed E-state index contributed by atoms with van der Waals surface area (Å²) in [4.78, 5) is 6.65. The molecular weight excluding hydrogens is 348 g/mol. The van der Waals surface area contributed by atoms with Crippen molar-refractivity contribution in [1.82, 2.24) is 14.5 Å². The van der Waals surface area contributed by atoms with E-state index in [1.54, 1.807) is 6.20 Å². The van der Waals surface area contributed by atoms with E-state index in [2.05, 4.69) is 9.88 Å². The van der Waals surface area contributed by atoms with Crippen LogP contribution in [-0.4, -0.2) is 43.0 Å². The van der Waals surface area contributed by atoms with Gasteiger partial charge in [-0.15, -0.1) is 0 Å². The first kappa shape index (κ1) is 17.5. The number of para-hydroxylation sites is 1. The summed E-state index contributed by atoms with van der Waals surface area (Å²) in [6.45, 7) is 4.78. The van der Waals surface area contributed by atoms with Gasteiger partial charge < -0.3 is 9.47 Å². The first-order valence-electron chi connectivity index (χ1n) is 9.34. The van der Waals surface area contributed by atoms with Crippen LogP contribution >= 0.6 is 0 Å². The molecule has 0 N–H and O–H groups in total. The fraction of sp³-hybridized carbons (Fsp3) is 0.526. The molecule has 1 fully saturated rings. The number of aromatic nitrogens is 2. The largest absolute Gasteiger partial charge is 0.333 e. The first-order chi connectivity index (χ1) is 12.5. The van der Waals surface area contributed by atoms with Gasteiger partial charge in [0.2, 0.25) is 0 Å². The van der Waals surface area contributed by atoms with Crippen LogP contribution in [0.1, 0.15) is 31.2 Å². The van der Waals surface area contributed by atoms with E-state index in [1.165, 1.54) is 17.1 Å². The van der Waals surface area contributed by atoms with Crippen LogP contribution in [0.5, 0.6) is 0 Å². The molecule has 2 aromatic rings. The molecule has 1 aliphatic carbocycles. The highest BCUT2D eigenvalue weighted by Crippen LogP contribution is 2.33. The highest BCUT2D eigenvalue weighted by molar-refractivity contribution is 7.92. The summed E-state index contributed by atoms with van der Waals surface area (Å²) >= 11 is 0. The lowest BCUT2D eigenvalue weighted by Crippen LogP contribution is -2.35. The molecule has 0 spiro atoms. The van der Waals surface area contributed by atoms with Gasteiger partial charge in [-0.05, 0) is 37.4 Å². The Bertz CT molecular complexity index is 902. The zero-order valence-electron chi connectivity index (χ0n) is 15.4. The Balaban J connectivity index is 1.73. The summed E-state index contributed by atoms with van der Waals surface area (Å²) in [5.41, 5.74) is 1.80. The van der Waals surface area contributed by atoms with Gasteiger partial charge in [0.15, 0.2) is 5.03 Å². The number of imidazole rings is 1. The quantitative estimate of drug-likeness (QED) is 0.807. The standard InChI is InChI=1S/C19H26N4O2S/c1-3-18-20-19(14-22(18)12-15-8-9-15)26(24,25)23-11-10-21(2)13-16-6-4-5-7-17(16)23/h4-7,14-15H,3,8-13H2,1-2H3. The van der Waals surface area contributed by atoms with E-state index < -0.39 is 10.0 Å². The van der Waals surface area contributed by atoms with Gasteiger partial charge in [0.05, 0.1) is 5.69 Å². The molecule has 0 unspecified atom stereocenters. The van der Waals surface area contributed by atoms with E-state index >= 15 is 0 Å². The Kier molecular flexibility index (Phi) is 4.52. The maximum absolute atomic E-state index is 13.4. The normalized spacial score (nSPS) is 18.6. The van der Waals surface area contributed by atoms with Crippen LogP contribution in [0.15, 0.2) is 35.5 Å². The summed E-state index contributed by atoms with van der Waals surface area (Å²) in [5.74, 6) is 1.54. The van der Waals surface area contributed by atoms with Gasteiger partial charge in [0.25, 0.3) is 10.0 Å². The van der Waals surface area contributed by atoms with Gasteiger partial charge in [-0.2, -0.15) is 8.42 Å². The minimum absolute atomic E-state index is 0.175. The number of likely N-dealkylation sites (N-methyl/N-ethyl adjacent to an activating group) is 1. The van der Waals surface area contributed by atoms with Gasteiger partial charge in [-0.1, -0.05) is 25.1 Å². The fourth-order valence-corrected chi connectivity index (χ4v) is 5.04. The maximum atomic E-state index is 13.4. The zero-order chi connectivity index (χ0) is 18.3. The third kappa shape index (κ3) is 3.25. The van der Waals surface area contributed by atoms with Crippen molar-refractivity contribution in [3.05, 3.63) is 41.9 Å². The summed E-state index contributed by atoms with van der Waals surface area (Å²) in [7, 11) is -1.65. The third-order valence-electron chi connectivity index (χ3n) is 5.24. The second-order valence-electron chi connectivity index (χ2n) is 7.39. The minimum atomic E-state index is -3.67. The smallest absolute Gasteiger partial charge is 0.283 e. The number of nitrogens with zero attached hydrogens (tertiary/aromatic N) is 4. The highest BCUT2D eigenvalue weighted by Gasteiger charge is 2.32. The van der Waals surface area contributed by atoms with Crippen LogP contribution in [0.4, 0.5) is 5.69 Å². The molecule has 2 aliphatic rings. The van der Waals surface area contributed by atoms with E-state index in [0.29, 0.717) is 19.0 Å². The fourth-order valence-electron chi connectivity index (χ4n) is 3.57. The van der Waals surface area contributed by atoms with Crippen LogP contribution in [0.25, 0.3) is 0 Å². The van der Waals surface area contributed by atoms with Gasteiger partial charge in [-0.25, -0.2) is 4.98 Å². The molecule has 7 heteroatoms. The van der Waals surface area contributed by atoms with Crippen molar-refractivity contribution in [2.45, 2.75) is 44.3 Å². The van der Waals surface area contributed by atoms with Crippen molar-refractivity contribution in [3.63, 3.8) is 0 Å². The van der Waals surface area contributed by atoms with Crippen LogP contribution in [0.2, 0.25) is 0 Å². The summed E-state index contributed by atoms with van der Waals surface area (Å²) < 4.78 is 30.4. The molecule has 1 saturated carbocycles. The molecule has 0 amide bonds. The van der Waals surface area contributed by atoms with E-state index in [4.69, 9.17) is 0 Å². The summed E-state index contributed by atoms with van der Waals surface area (Å²) in [6, 6.07) is 7.76. The minimum Gasteiger partial charge on any atom is -0.333 e. The number of hydrogen-bond donors (Lipinski definition) is 0. The number of rotatable bonds is 5. The number of anilines is 1. The molecule has 1 aliphatic heterocycles. The lowest BCUT2D eigenvalue weighted by atomic mass is 10.2. The van der Waals surface area contributed by atoms with Crippen molar-refractivity contribution < 1.29 is 8.42 Å². The Hall–Kier alpha value is -1.86. The van der Waals surface area contributed by atoms with Crippen molar-refractivity contribution in [3.8, 4) is 0 Å². The van der Waals surface area contributed by atoms with Gasteiger partial charge in [-0.3, -0.25) is 4.31 Å². The van der Waals surface area contributed by atoms with Crippen LogP contribution in [0.3, 0.4) is 0 Å². The maximum Gasteiger partial charge on any atom is 0.283 e. The number of aryl methyl sites for hydroxylation is 1. The monoisotopic (exact) mass is 374 g/mol. The van der Waals surface area contributed by atoms with E-state index in [9.17, 15) is 8.42 Å². The van der Waals surface area contributed by atoms with Gasteiger partial charge >= 0.3 is 0 Å². The van der Waals surface area contributed by atoms with Crippen molar-refractivity contribution in [2.75, 3.05) is 24.4 Å². The average Bonchev–Trinajstić information content (AvgIpc) is 3.35. The van der Waals surface area contributed by atoms with Crippen molar-refractivity contribution in [1.29, 1.82) is 0 Å².